The first kappa shape index (κ1) is 13.6. The number of rotatable bonds is 1. The lowest BCUT2D eigenvalue weighted by atomic mass is 9.93. The third-order valence-electron chi connectivity index (χ3n) is 4.96. The number of benzene rings is 1. The Hall–Kier alpha value is -2.09. The smallest absolute Gasteiger partial charge is 0.144 e. The van der Waals surface area contributed by atoms with Gasteiger partial charge in [-0.05, 0) is 68.9 Å². The van der Waals surface area contributed by atoms with Crippen LogP contribution in [0, 0.1) is 20.8 Å². The van der Waals surface area contributed by atoms with Crippen LogP contribution < -0.4 is 0 Å². The highest BCUT2D eigenvalue weighted by Gasteiger charge is 2.21. The molecule has 0 saturated heterocycles. The van der Waals surface area contributed by atoms with Crippen LogP contribution >= 0.6 is 0 Å². The minimum Gasteiger partial charge on any atom is -0.460 e. The number of fused-ring (bicyclic) bond motifs is 3. The van der Waals surface area contributed by atoms with Gasteiger partial charge >= 0.3 is 0 Å². The lowest BCUT2D eigenvalue weighted by Gasteiger charge is -2.09. The Morgan fingerprint density at radius 2 is 1.77 bits per heavy atom. The number of nitrogens with zero attached hydrogens (tertiary/aromatic N) is 1. The molecule has 0 saturated carbocycles. The molecule has 22 heavy (non-hydrogen) atoms. The average Bonchev–Trinajstić information content (AvgIpc) is 2.91. The lowest BCUT2D eigenvalue weighted by molar-refractivity contribution is 0.506. The first-order valence-corrected chi connectivity index (χ1v) is 8.12. The van der Waals surface area contributed by atoms with Gasteiger partial charge in [0.2, 0.25) is 0 Å². The molecule has 0 amide bonds. The number of hydrogen-bond acceptors (Lipinski definition) is 2. The number of aryl methyl sites for hydroxylation is 5. The van der Waals surface area contributed by atoms with E-state index in [-0.39, 0.29) is 0 Å². The van der Waals surface area contributed by atoms with Gasteiger partial charge in [0.25, 0.3) is 0 Å². The van der Waals surface area contributed by atoms with E-state index in [1.807, 2.05) is 6.20 Å². The highest BCUT2D eigenvalue weighted by atomic mass is 16.3. The van der Waals surface area contributed by atoms with E-state index in [0.717, 1.165) is 29.7 Å². The van der Waals surface area contributed by atoms with Gasteiger partial charge < -0.3 is 4.42 Å². The summed E-state index contributed by atoms with van der Waals surface area (Å²) in [4.78, 5) is 4.64. The zero-order valence-corrected chi connectivity index (χ0v) is 13.5. The van der Waals surface area contributed by atoms with Crippen molar-refractivity contribution in [2.75, 3.05) is 0 Å². The monoisotopic (exact) mass is 291 g/mol. The summed E-state index contributed by atoms with van der Waals surface area (Å²) >= 11 is 0. The van der Waals surface area contributed by atoms with E-state index in [0.29, 0.717) is 0 Å². The van der Waals surface area contributed by atoms with Crippen molar-refractivity contribution >= 4 is 11.0 Å². The van der Waals surface area contributed by atoms with E-state index in [9.17, 15) is 0 Å². The van der Waals surface area contributed by atoms with Crippen LogP contribution in [0.1, 0.15) is 40.9 Å². The number of furan rings is 1. The van der Waals surface area contributed by atoms with Crippen molar-refractivity contribution in [3.8, 4) is 11.3 Å². The van der Waals surface area contributed by atoms with E-state index in [2.05, 4.69) is 44.0 Å². The molecule has 2 aromatic heterocycles. The molecule has 1 aromatic carbocycles. The standard InChI is InChI=1S/C20H21NO/c1-12-8-9-15(17-10-13(2)14(3)11-21-17)20-19(12)16-6-4-5-7-18(16)22-20/h8-11H,4-7H2,1-3H3. The van der Waals surface area contributed by atoms with Crippen molar-refractivity contribution in [1.82, 2.24) is 4.98 Å². The molecule has 0 fully saturated rings. The van der Waals surface area contributed by atoms with Gasteiger partial charge in [-0.2, -0.15) is 0 Å². The molecule has 0 N–H and O–H groups in total. The summed E-state index contributed by atoms with van der Waals surface area (Å²) in [6.45, 7) is 6.42. The fourth-order valence-corrected chi connectivity index (χ4v) is 3.51. The summed E-state index contributed by atoms with van der Waals surface area (Å²) in [6, 6.07) is 6.53. The SMILES string of the molecule is Cc1cnc(-c2ccc(C)c3c4c(oc23)CCCC4)cc1C. The Morgan fingerprint density at radius 3 is 2.59 bits per heavy atom. The molecule has 4 rings (SSSR count). The van der Waals surface area contributed by atoms with Crippen LogP contribution in [0.15, 0.2) is 28.8 Å². The maximum atomic E-state index is 6.29. The topological polar surface area (TPSA) is 26.0 Å². The Morgan fingerprint density at radius 1 is 0.955 bits per heavy atom. The molecular formula is C20H21NO. The predicted molar refractivity (Wildman–Crippen MR) is 90.3 cm³/mol. The van der Waals surface area contributed by atoms with Crippen LogP contribution in [-0.4, -0.2) is 4.98 Å². The van der Waals surface area contributed by atoms with Gasteiger partial charge in [0, 0.05) is 29.1 Å². The maximum absolute atomic E-state index is 6.29. The van der Waals surface area contributed by atoms with Gasteiger partial charge in [-0.1, -0.05) is 6.07 Å². The number of aromatic nitrogens is 1. The summed E-state index contributed by atoms with van der Waals surface area (Å²) in [7, 11) is 0. The molecule has 2 heteroatoms. The molecule has 3 aromatic rings. The zero-order valence-electron chi connectivity index (χ0n) is 13.5. The average molecular weight is 291 g/mol. The van der Waals surface area contributed by atoms with Gasteiger partial charge in [0.05, 0.1) is 5.69 Å². The highest BCUT2D eigenvalue weighted by Crippen LogP contribution is 2.38. The van der Waals surface area contributed by atoms with Crippen molar-refractivity contribution in [3.05, 3.63) is 52.4 Å². The van der Waals surface area contributed by atoms with E-state index in [1.165, 1.54) is 46.2 Å². The van der Waals surface area contributed by atoms with Gasteiger partial charge in [-0.25, -0.2) is 0 Å². The third-order valence-corrected chi connectivity index (χ3v) is 4.96. The number of hydrogen-bond donors (Lipinski definition) is 0. The second-order valence-corrected chi connectivity index (χ2v) is 6.50. The molecule has 0 atom stereocenters. The fraction of sp³-hybridized carbons (Fsp3) is 0.350. The van der Waals surface area contributed by atoms with Gasteiger partial charge in [-0.3, -0.25) is 4.98 Å². The molecular weight excluding hydrogens is 270 g/mol. The van der Waals surface area contributed by atoms with Gasteiger partial charge in [0.1, 0.15) is 11.3 Å². The third kappa shape index (κ3) is 1.98. The summed E-state index contributed by atoms with van der Waals surface area (Å²) in [5, 5.41) is 1.33. The Labute approximate surface area is 131 Å². The lowest BCUT2D eigenvalue weighted by Crippen LogP contribution is -1.99. The first-order chi connectivity index (χ1) is 10.6. The van der Waals surface area contributed by atoms with E-state index in [1.54, 1.807) is 0 Å². The van der Waals surface area contributed by atoms with Gasteiger partial charge in [-0.15, -0.1) is 0 Å². The molecule has 2 heterocycles. The van der Waals surface area contributed by atoms with Crippen LogP contribution in [0.5, 0.6) is 0 Å². The van der Waals surface area contributed by atoms with E-state index >= 15 is 0 Å². The summed E-state index contributed by atoms with van der Waals surface area (Å²) in [6.07, 6.45) is 6.69. The van der Waals surface area contributed by atoms with Crippen molar-refractivity contribution in [3.63, 3.8) is 0 Å². The second kappa shape index (κ2) is 4.98. The molecule has 1 aliphatic rings. The minimum absolute atomic E-state index is 1.01. The summed E-state index contributed by atoms with van der Waals surface area (Å²) in [5.74, 6) is 1.20. The fourth-order valence-electron chi connectivity index (χ4n) is 3.51. The van der Waals surface area contributed by atoms with Crippen LogP contribution in [-0.2, 0) is 12.8 Å². The maximum Gasteiger partial charge on any atom is 0.144 e. The Bertz CT molecular complexity index is 873. The Kier molecular flexibility index (Phi) is 3.07. The van der Waals surface area contributed by atoms with Gasteiger partial charge in [0.15, 0.2) is 0 Å². The molecule has 1 aliphatic carbocycles. The highest BCUT2D eigenvalue weighted by molar-refractivity contribution is 5.96. The minimum atomic E-state index is 1.01. The zero-order chi connectivity index (χ0) is 15.3. The van der Waals surface area contributed by atoms with Crippen molar-refractivity contribution < 1.29 is 4.42 Å². The first-order valence-electron chi connectivity index (χ1n) is 8.12. The summed E-state index contributed by atoms with van der Waals surface area (Å²) < 4.78 is 6.29. The van der Waals surface area contributed by atoms with Crippen LogP contribution in [0.25, 0.3) is 22.2 Å². The summed E-state index contributed by atoms with van der Waals surface area (Å²) in [5.41, 5.74) is 8.42. The second-order valence-electron chi connectivity index (χ2n) is 6.50. The normalized spacial score (nSPS) is 14.3. The molecule has 2 nitrogen and oxygen atoms in total. The van der Waals surface area contributed by atoms with Crippen molar-refractivity contribution in [2.24, 2.45) is 0 Å². The largest absolute Gasteiger partial charge is 0.460 e. The Balaban J connectivity index is 2.00. The molecule has 112 valence electrons. The molecule has 0 bridgehead atoms. The quantitative estimate of drug-likeness (QED) is 0.608. The van der Waals surface area contributed by atoms with Crippen molar-refractivity contribution in [1.29, 1.82) is 0 Å². The number of pyridine rings is 1. The molecule has 0 aliphatic heterocycles. The predicted octanol–water partition coefficient (Wildman–Crippen LogP) is 5.30. The van der Waals surface area contributed by atoms with Crippen molar-refractivity contribution in [2.45, 2.75) is 46.5 Å². The van der Waals surface area contributed by atoms with Crippen LogP contribution in [0.3, 0.4) is 0 Å². The van der Waals surface area contributed by atoms with E-state index in [4.69, 9.17) is 4.42 Å². The molecule has 0 spiro atoms. The molecule has 0 radical (unpaired) electrons. The molecule has 0 unspecified atom stereocenters. The van der Waals surface area contributed by atoms with E-state index < -0.39 is 0 Å². The van der Waals surface area contributed by atoms with Crippen LogP contribution in [0.2, 0.25) is 0 Å². The van der Waals surface area contributed by atoms with Crippen LogP contribution in [0.4, 0.5) is 0 Å².